The number of benzene rings is 1. The van der Waals surface area contributed by atoms with Crippen LogP contribution in [0.15, 0.2) is 42.7 Å². The topological polar surface area (TPSA) is 28.2 Å². The van der Waals surface area contributed by atoms with Crippen LogP contribution < -0.4 is 5.32 Å². The van der Waals surface area contributed by atoms with Crippen LogP contribution in [0.25, 0.3) is 0 Å². The van der Waals surface area contributed by atoms with Crippen molar-refractivity contribution in [2.24, 2.45) is 0 Å². The second-order valence-corrected chi connectivity index (χ2v) is 5.76. The fourth-order valence-electron chi connectivity index (χ4n) is 2.66. The Kier molecular flexibility index (Phi) is 5.48. The third-order valence-corrected chi connectivity index (χ3v) is 3.83. The quantitative estimate of drug-likeness (QED) is 0.883. The summed E-state index contributed by atoms with van der Waals surface area (Å²) < 4.78 is 0. The Labute approximate surface area is 128 Å². The minimum atomic E-state index is 0.339. The SMILES string of the molecule is CNC(CN(C)Cc1cccnc1)c1cc(C)ccc1C. The number of hydrogen-bond donors (Lipinski definition) is 1. The lowest BCUT2D eigenvalue weighted by molar-refractivity contribution is 0.289. The van der Waals surface area contributed by atoms with Gasteiger partial charge in [-0.3, -0.25) is 4.98 Å². The Morgan fingerprint density at radius 1 is 1.24 bits per heavy atom. The molecule has 0 saturated heterocycles. The van der Waals surface area contributed by atoms with E-state index in [2.05, 4.69) is 60.4 Å². The molecule has 3 nitrogen and oxygen atoms in total. The molecule has 0 aliphatic carbocycles. The summed E-state index contributed by atoms with van der Waals surface area (Å²) in [6.45, 7) is 6.21. The molecule has 112 valence electrons. The van der Waals surface area contributed by atoms with Gasteiger partial charge in [-0.1, -0.05) is 29.8 Å². The predicted octanol–water partition coefficient (Wildman–Crippen LogP) is 3.09. The van der Waals surface area contributed by atoms with Gasteiger partial charge in [-0.25, -0.2) is 0 Å². The first-order chi connectivity index (χ1) is 10.1. The highest BCUT2D eigenvalue weighted by molar-refractivity contribution is 5.33. The zero-order valence-electron chi connectivity index (χ0n) is 13.4. The minimum absolute atomic E-state index is 0.339. The number of likely N-dealkylation sites (N-methyl/N-ethyl adjacent to an activating group) is 2. The molecule has 1 heterocycles. The molecule has 0 radical (unpaired) electrons. The summed E-state index contributed by atoms with van der Waals surface area (Å²) in [6, 6.07) is 11.1. The zero-order valence-corrected chi connectivity index (χ0v) is 13.4. The van der Waals surface area contributed by atoms with Gasteiger partial charge in [0.15, 0.2) is 0 Å². The van der Waals surface area contributed by atoms with Crippen molar-refractivity contribution in [2.75, 3.05) is 20.6 Å². The van der Waals surface area contributed by atoms with Gasteiger partial charge in [0.1, 0.15) is 0 Å². The molecule has 2 aromatic rings. The van der Waals surface area contributed by atoms with Crippen molar-refractivity contribution in [3.63, 3.8) is 0 Å². The summed E-state index contributed by atoms with van der Waals surface area (Å²) in [5.74, 6) is 0. The number of nitrogens with one attached hydrogen (secondary N) is 1. The molecule has 0 fully saturated rings. The standard InChI is InChI=1S/C18H25N3/c1-14-7-8-15(2)17(10-14)18(19-3)13-21(4)12-16-6-5-9-20-11-16/h5-11,18-19H,12-13H2,1-4H3. The number of pyridine rings is 1. The molecule has 0 amide bonds. The Balaban J connectivity index is 2.06. The Hall–Kier alpha value is -1.71. The lowest BCUT2D eigenvalue weighted by Crippen LogP contribution is -2.31. The van der Waals surface area contributed by atoms with Crippen LogP contribution >= 0.6 is 0 Å². The average molecular weight is 283 g/mol. The van der Waals surface area contributed by atoms with Crippen molar-refractivity contribution in [3.05, 3.63) is 65.0 Å². The third kappa shape index (κ3) is 4.38. The van der Waals surface area contributed by atoms with Crippen LogP contribution in [-0.4, -0.2) is 30.5 Å². The smallest absolute Gasteiger partial charge is 0.0449 e. The van der Waals surface area contributed by atoms with Gasteiger partial charge in [-0.05, 0) is 50.7 Å². The summed E-state index contributed by atoms with van der Waals surface area (Å²) in [7, 11) is 4.19. The van der Waals surface area contributed by atoms with Gasteiger partial charge in [0, 0.05) is 31.5 Å². The minimum Gasteiger partial charge on any atom is -0.312 e. The summed E-state index contributed by atoms with van der Waals surface area (Å²) in [6.07, 6.45) is 3.75. The zero-order chi connectivity index (χ0) is 15.2. The number of aryl methyl sites for hydroxylation is 2. The van der Waals surface area contributed by atoms with E-state index in [0.717, 1.165) is 13.1 Å². The van der Waals surface area contributed by atoms with Crippen molar-refractivity contribution in [1.29, 1.82) is 0 Å². The molecule has 2 rings (SSSR count). The molecule has 0 aliphatic rings. The molecule has 1 N–H and O–H groups in total. The van der Waals surface area contributed by atoms with Gasteiger partial charge in [0.25, 0.3) is 0 Å². The number of hydrogen-bond acceptors (Lipinski definition) is 3. The normalized spacial score (nSPS) is 12.6. The van der Waals surface area contributed by atoms with Crippen LogP contribution in [-0.2, 0) is 6.54 Å². The molecule has 0 spiro atoms. The number of nitrogens with zero attached hydrogens (tertiary/aromatic N) is 2. The van der Waals surface area contributed by atoms with Crippen molar-refractivity contribution in [2.45, 2.75) is 26.4 Å². The van der Waals surface area contributed by atoms with Gasteiger partial charge in [-0.15, -0.1) is 0 Å². The van der Waals surface area contributed by atoms with Crippen LogP contribution in [0.3, 0.4) is 0 Å². The van der Waals surface area contributed by atoms with Crippen LogP contribution in [0.2, 0.25) is 0 Å². The Bertz CT molecular complexity index is 566. The molecule has 0 bridgehead atoms. The van der Waals surface area contributed by atoms with Gasteiger partial charge < -0.3 is 10.2 Å². The van der Waals surface area contributed by atoms with Crippen molar-refractivity contribution in [3.8, 4) is 0 Å². The predicted molar refractivity (Wildman–Crippen MR) is 88.3 cm³/mol. The highest BCUT2D eigenvalue weighted by Crippen LogP contribution is 2.20. The molecule has 1 atom stereocenters. The molecule has 1 aromatic carbocycles. The molecule has 1 aromatic heterocycles. The second-order valence-electron chi connectivity index (χ2n) is 5.76. The van der Waals surface area contributed by atoms with E-state index in [9.17, 15) is 0 Å². The maximum absolute atomic E-state index is 4.18. The molecule has 21 heavy (non-hydrogen) atoms. The van der Waals surface area contributed by atoms with E-state index in [1.54, 1.807) is 0 Å². The van der Waals surface area contributed by atoms with E-state index in [1.807, 2.05) is 25.5 Å². The largest absolute Gasteiger partial charge is 0.312 e. The Morgan fingerprint density at radius 3 is 2.71 bits per heavy atom. The van der Waals surface area contributed by atoms with Gasteiger partial charge >= 0.3 is 0 Å². The van der Waals surface area contributed by atoms with Crippen LogP contribution in [0.5, 0.6) is 0 Å². The molecule has 0 aliphatic heterocycles. The van der Waals surface area contributed by atoms with Gasteiger partial charge in [0.05, 0.1) is 0 Å². The van der Waals surface area contributed by atoms with E-state index in [1.165, 1.54) is 22.3 Å². The lowest BCUT2D eigenvalue weighted by atomic mass is 9.98. The maximum Gasteiger partial charge on any atom is 0.0449 e. The molecular formula is C18H25N3. The maximum atomic E-state index is 4.18. The second kappa shape index (κ2) is 7.34. The third-order valence-electron chi connectivity index (χ3n) is 3.83. The number of aromatic nitrogens is 1. The molecule has 3 heteroatoms. The fourth-order valence-corrected chi connectivity index (χ4v) is 2.66. The summed E-state index contributed by atoms with van der Waals surface area (Å²) in [5.41, 5.74) is 5.28. The molecule has 1 unspecified atom stereocenters. The van der Waals surface area contributed by atoms with Crippen LogP contribution in [0.4, 0.5) is 0 Å². The molecular weight excluding hydrogens is 258 g/mol. The van der Waals surface area contributed by atoms with Crippen LogP contribution in [0, 0.1) is 13.8 Å². The van der Waals surface area contributed by atoms with Crippen molar-refractivity contribution in [1.82, 2.24) is 15.2 Å². The first-order valence-corrected chi connectivity index (χ1v) is 7.42. The molecule has 0 saturated carbocycles. The van der Waals surface area contributed by atoms with E-state index in [4.69, 9.17) is 0 Å². The Morgan fingerprint density at radius 2 is 2.05 bits per heavy atom. The van der Waals surface area contributed by atoms with Gasteiger partial charge in [-0.2, -0.15) is 0 Å². The van der Waals surface area contributed by atoms with Crippen LogP contribution in [0.1, 0.15) is 28.3 Å². The first kappa shape index (κ1) is 15.7. The van der Waals surface area contributed by atoms with E-state index >= 15 is 0 Å². The highest BCUT2D eigenvalue weighted by atomic mass is 15.1. The summed E-state index contributed by atoms with van der Waals surface area (Å²) in [5, 5.41) is 3.45. The highest BCUT2D eigenvalue weighted by Gasteiger charge is 2.14. The lowest BCUT2D eigenvalue weighted by Gasteiger charge is -2.25. The van der Waals surface area contributed by atoms with E-state index in [-0.39, 0.29) is 0 Å². The average Bonchev–Trinajstić information content (AvgIpc) is 2.48. The van der Waals surface area contributed by atoms with Crippen molar-refractivity contribution >= 4 is 0 Å². The van der Waals surface area contributed by atoms with E-state index < -0.39 is 0 Å². The van der Waals surface area contributed by atoms with Crippen molar-refractivity contribution < 1.29 is 0 Å². The summed E-state index contributed by atoms with van der Waals surface area (Å²) in [4.78, 5) is 6.51. The number of rotatable bonds is 6. The van der Waals surface area contributed by atoms with Gasteiger partial charge in [0.2, 0.25) is 0 Å². The monoisotopic (exact) mass is 283 g/mol. The first-order valence-electron chi connectivity index (χ1n) is 7.42. The summed E-state index contributed by atoms with van der Waals surface area (Å²) >= 11 is 0. The van der Waals surface area contributed by atoms with E-state index in [0.29, 0.717) is 6.04 Å². The fraction of sp³-hybridized carbons (Fsp3) is 0.389.